The second kappa shape index (κ2) is 8.22. The predicted molar refractivity (Wildman–Crippen MR) is 115 cm³/mol. The van der Waals surface area contributed by atoms with Gasteiger partial charge in [0.25, 0.3) is 11.8 Å². The van der Waals surface area contributed by atoms with Crippen molar-refractivity contribution in [3.05, 3.63) is 66.1 Å². The first kappa shape index (κ1) is 19.9. The zero-order valence-electron chi connectivity index (χ0n) is 17.1. The van der Waals surface area contributed by atoms with Gasteiger partial charge < -0.3 is 10.2 Å². The number of hydrogen-bond acceptors (Lipinski definition) is 5. The number of pyridine rings is 1. The molecule has 1 saturated heterocycles. The number of hydrogen-bond donors (Lipinski definition) is 1. The Balaban J connectivity index is 1.43. The SMILES string of the molecule is O=C(Nc1ccn2nc(-c3ccccc3)nc2c1)c1c(C(=O)N2CCC2)cnn1CCF. The Labute approximate surface area is 182 Å². The van der Waals surface area contributed by atoms with Crippen molar-refractivity contribution in [3.63, 3.8) is 0 Å². The van der Waals surface area contributed by atoms with E-state index in [-0.39, 0.29) is 23.7 Å². The van der Waals surface area contributed by atoms with Crippen LogP contribution in [-0.4, -0.2) is 60.9 Å². The average Bonchev–Trinajstić information content (AvgIpc) is 3.37. The molecule has 3 aromatic heterocycles. The van der Waals surface area contributed by atoms with Crippen molar-refractivity contribution >= 4 is 23.1 Å². The van der Waals surface area contributed by atoms with Gasteiger partial charge in [-0.2, -0.15) is 5.10 Å². The van der Waals surface area contributed by atoms with E-state index in [0.717, 1.165) is 12.0 Å². The van der Waals surface area contributed by atoms with E-state index >= 15 is 0 Å². The van der Waals surface area contributed by atoms with E-state index in [1.165, 1.54) is 10.9 Å². The number of rotatable bonds is 6. The van der Waals surface area contributed by atoms with Crippen LogP contribution < -0.4 is 5.32 Å². The third kappa shape index (κ3) is 3.59. The molecule has 1 aliphatic rings. The van der Waals surface area contributed by atoms with Crippen molar-refractivity contribution in [1.82, 2.24) is 29.3 Å². The lowest BCUT2D eigenvalue weighted by Crippen LogP contribution is -2.42. The Hall–Kier alpha value is -4.08. The highest BCUT2D eigenvalue weighted by Crippen LogP contribution is 2.20. The van der Waals surface area contributed by atoms with E-state index in [2.05, 4.69) is 20.5 Å². The number of amides is 2. The van der Waals surface area contributed by atoms with Crippen LogP contribution in [0.2, 0.25) is 0 Å². The van der Waals surface area contributed by atoms with Gasteiger partial charge in [-0.25, -0.2) is 13.9 Å². The van der Waals surface area contributed by atoms with Gasteiger partial charge >= 0.3 is 0 Å². The molecule has 0 bridgehead atoms. The van der Waals surface area contributed by atoms with Crippen molar-refractivity contribution in [2.24, 2.45) is 0 Å². The second-order valence-electron chi connectivity index (χ2n) is 7.44. The minimum Gasteiger partial charge on any atom is -0.338 e. The summed E-state index contributed by atoms with van der Waals surface area (Å²) in [7, 11) is 0. The lowest BCUT2D eigenvalue weighted by Gasteiger charge is -2.30. The summed E-state index contributed by atoms with van der Waals surface area (Å²) in [5.74, 6) is -0.239. The summed E-state index contributed by atoms with van der Waals surface area (Å²) < 4.78 is 15.8. The molecule has 0 unspecified atom stereocenters. The summed E-state index contributed by atoms with van der Waals surface area (Å²) in [6.07, 6.45) is 3.95. The first-order valence-electron chi connectivity index (χ1n) is 10.3. The molecule has 2 amide bonds. The number of anilines is 1. The molecule has 4 heterocycles. The number of likely N-dealkylation sites (tertiary alicyclic amines) is 1. The minimum absolute atomic E-state index is 0.0471. The lowest BCUT2D eigenvalue weighted by molar-refractivity contribution is 0.0648. The van der Waals surface area contributed by atoms with Crippen molar-refractivity contribution in [1.29, 1.82) is 0 Å². The summed E-state index contributed by atoms with van der Waals surface area (Å²) in [4.78, 5) is 32.0. The molecule has 0 aliphatic carbocycles. The molecule has 0 saturated carbocycles. The van der Waals surface area contributed by atoms with Crippen LogP contribution in [0.15, 0.2) is 54.9 Å². The molecular formula is C22H20FN7O2. The van der Waals surface area contributed by atoms with Crippen molar-refractivity contribution in [2.75, 3.05) is 25.1 Å². The van der Waals surface area contributed by atoms with Gasteiger partial charge in [0.2, 0.25) is 0 Å². The molecule has 0 atom stereocenters. The number of fused-ring (bicyclic) bond motifs is 1. The number of carbonyl (C=O) groups excluding carboxylic acids is 2. The molecule has 5 rings (SSSR count). The van der Waals surface area contributed by atoms with Crippen LogP contribution in [-0.2, 0) is 6.54 Å². The number of nitrogens with zero attached hydrogens (tertiary/aromatic N) is 6. The van der Waals surface area contributed by atoms with Crippen LogP contribution >= 0.6 is 0 Å². The number of halogens is 1. The Morgan fingerprint density at radius 1 is 1.12 bits per heavy atom. The standard InChI is InChI=1S/C22H20FN7O2/c23-8-12-30-19(17(14-24-30)22(32)28-9-4-10-28)21(31)25-16-7-11-29-18(13-16)26-20(27-29)15-5-2-1-3-6-15/h1-3,5-7,11,13-14H,4,8-10,12H2,(H,25,31). The maximum atomic E-state index is 13.1. The first-order valence-corrected chi connectivity index (χ1v) is 10.3. The fraction of sp³-hybridized carbons (Fsp3) is 0.227. The highest BCUT2D eigenvalue weighted by atomic mass is 19.1. The summed E-state index contributed by atoms with van der Waals surface area (Å²) in [6.45, 7) is 0.468. The fourth-order valence-corrected chi connectivity index (χ4v) is 3.58. The van der Waals surface area contributed by atoms with Crippen LogP contribution in [0.1, 0.15) is 27.3 Å². The van der Waals surface area contributed by atoms with E-state index in [0.29, 0.717) is 30.2 Å². The third-order valence-corrected chi connectivity index (χ3v) is 5.35. The molecule has 1 fully saturated rings. The molecule has 0 radical (unpaired) electrons. The highest BCUT2D eigenvalue weighted by molar-refractivity contribution is 6.11. The number of aryl methyl sites for hydroxylation is 1. The predicted octanol–water partition coefficient (Wildman–Crippen LogP) is 2.66. The Kier molecular flexibility index (Phi) is 5.10. The first-order chi connectivity index (χ1) is 15.6. The quantitative estimate of drug-likeness (QED) is 0.504. The normalized spacial score (nSPS) is 13.2. The summed E-state index contributed by atoms with van der Waals surface area (Å²) in [5.41, 5.74) is 2.13. The number of carbonyl (C=O) groups is 2. The molecule has 162 valence electrons. The number of nitrogens with one attached hydrogen (secondary N) is 1. The van der Waals surface area contributed by atoms with Crippen LogP contribution in [0.25, 0.3) is 17.0 Å². The van der Waals surface area contributed by atoms with E-state index in [1.807, 2.05) is 30.3 Å². The van der Waals surface area contributed by atoms with E-state index in [4.69, 9.17) is 0 Å². The lowest BCUT2D eigenvalue weighted by atomic mass is 10.1. The summed E-state index contributed by atoms with van der Waals surface area (Å²) in [5, 5.41) is 11.3. The molecule has 0 spiro atoms. The smallest absolute Gasteiger partial charge is 0.274 e. The fourth-order valence-electron chi connectivity index (χ4n) is 3.58. The molecule has 4 aromatic rings. The van der Waals surface area contributed by atoms with Crippen molar-refractivity contribution in [3.8, 4) is 11.4 Å². The second-order valence-corrected chi connectivity index (χ2v) is 7.44. The van der Waals surface area contributed by atoms with Gasteiger partial charge in [-0.3, -0.25) is 14.3 Å². The average molecular weight is 433 g/mol. The number of aromatic nitrogens is 5. The Morgan fingerprint density at radius 2 is 1.94 bits per heavy atom. The molecule has 10 heteroatoms. The van der Waals surface area contributed by atoms with Gasteiger partial charge in [0.15, 0.2) is 11.5 Å². The molecule has 1 aliphatic heterocycles. The highest BCUT2D eigenvalue weighted by Gasteiger charge is 2.29. The van der Waals surface area contributed by atoms with Crippen LogP contribution in [0.3, 0.4) is 0 Å². The van der Waals surface area contributed by atoms with Crippen molar-refractivity contribution < 1.29 is 14.0 Å². The maximum absolute atomic E-state index is 13.1. The van der Waals surface area contributed by atoms with Gasteiger partial charge in [0, 0.05) is 36.6 Å². The van der Waals surface area contributed by atoms with E-state index < -0.39 is 12.6 Å². The van der Waals surface area contributed by atoms with Crippen LogP contribution in [0.5, 0.6) is 0 Å². The van der Waals surface area contributed by atoms with E-state index in [9.17, 15) is 14.0 Å². The Bertz CT molecular complexity index is 1290. The van der Waals surface area contributed by atoms with E-state index in [1.54, 1.807) is 27.7 Å². The van der Waals surface area contributed by atoms with Crippen LogP contribution in [0, 0.1) is 0 Å². The molecule has 32 heavy (non-hydrogen) atoms. The number of benzene rings is 1. The largest absolute Gasteiger partial charge is 0.338 e. The molecular weight excluding hydrogens is 413 g/mol. The molecule has 1 aromatic carbocycles. The Morgan fingerprint density at radius 3 is 2.66 bits per heavy atom. The van der Waals surface area contributed by atoms with Gasteiger partial charge in [0.1, 0.15) is 12.4 Å². The van der Waals surface area contributed by atoms with Crippen LogP contribution in [0.4, 0.5) is 10.1 Å². The number of alkyl halides is 1. The van der Waals surface area contributed by atoms with Gasteiger partial charge in [-0.05, 0) is 12.5 Å². The summed E-state index contributed by atoms with van der Waals surface area (Å²) >= 11 is 0. The van der Waals surface area contributed by atoms with Crippen molar-refractivity contribution in [2.45, 2.75) is 13.0 Å². The van der Waals surface area contributed by atoms with Gasteiger partial charge in [-0.15, -0.1) is 5.10 Å². The topological polar surface area (TPSA) is 97.4 Å². The molecule has 9 nitrogen and oxygen atoms in total. The zero-order chi connectivity index (χ0) is 22.1. The van der Waals surface area contributed by atoms with Gasteiger partial charge in [-0.1, -0.05) is 30.3 Å². The zero-order valence-corrected chi connectivity index (χ0v) is 17.1. The maximum Gasteiger partial charge on any atom is 0.274 e. The molecule has 1 N–H and O–H groups in total. The van der Waals surface area contributed by atoms with Gasteiger partial charge in [0.05, 0.1) is 18.3 Å². The third-order valence-electron chi connectivity index (χ3n) is 5.35. The monoisotopic (exact) mass is 433 g/mol. The summed E-state index contributed by atoms with van der Waals surface area (Å²) in [6, 6.07) is 12.9. The minimum atomic E-state index is -0.701.